The van der Waals surface area contributed by atoms with E-state index in [0.717, 1.165) is 0 Å². The van der Waals surface area contributed by atoms with Crippen LogP contribution in [0.3, 0.4) is 0 Å². The van der Waals surface area contributed by atoms with Gasteiger partial charge in [-0.05, 0) is 0 Å². The molecule has 0 rings (SSSR count). The van der Waals surface area contributed by atoms with Crippen molar-refractivity contribution in [1.29, 1.82) is 0 Å². The van der Waals surface area contributed by atoms with Crippen molar-refractivity contribution in [2.75, 3.05) is 0 Å². The Labute approximate surface area is 74.7 Å². The zero-order chi connectivity index (χ0) is 5.91. The van der Waals surface area contributed by atoms with Crippen molar-refractivity contribution >= 4 is 10.4 Å². The van der Waals surface area contributed by atoms with Crippen molar-refractivity contribution in [2.24, 2.45) is 0 Å². The van der Waals surface area contributed by atoms with Gasteiger partial charge in [0.15, 0.2) is 0 Å². The van der Waals surface area contributed by atoms with Crippen molar-refractivity contribution < 1.29 is 63.7 Å². The first-order valence-corrected chi connectivity index (χ1v) is 3.55. The number of hydrogen-bond acceptors (Lipinski definition) is 4. The molecule has 0 unspecified atom stereocenters. The van der Waals surface area contributed by atoms with Gasteiger partial charge in [0.25, 0.3) is 0 Å². The van der Waals surface area contributed by atoms with Gasteiger partial charge in [0.05, 0.1) is 0 Å². The van der Waals surface area contributed by atoms with Crippen LogP contribution in [0.1, 0.15) is 0 Å². The maximum absolute atomic E-state index is 9.39. The molecule has 0 amide bonds. The van der Waals surface area contributed by atoms with Gasteiger partial charge in [-0.3, -0.25) is 0 Å². The van der Waals surface area contributed by atoms with E-state index in [1.807, 2.05) is 0 Å². The van der Waals surface area contributed by atoms with Crippen LogP contribution < -0.4 is 0 Å². The second kappa shape index (κ2) is 17.2. The van der Waals surface area contributed by atoms with E-state index in [2.05, 4.69) is 3.11 Å². The molecule has 0 fully saturated rings. The van der Waals surface area contributed by atoms with E-state index < -0.39 is 27.0 Å². The van der Waals surface area contributed by atoms with Crippen LogP contribution in [0.25, 0.3) is 0 Å². The Morgan fingerprint density at radius 2 is 1.25 bits per heavy atom. The Bertz CT molecular complexity index is 143. The Morgan fingerprint density at radius 1 is 1.00 bits per heavy atom. The van der Waals surface area contributed by atoms with Crippen molar-refractivity contribution in [3.05, 3.63) is 0 Å². The maximum atomic E-state index is 9.39. The molecule has 10 nitrogen and oxygen atoms in total. The third-order valence-electron chi connectivity index (χ3n) is 0.125. The van der Waals surface area contributed by atoms with Crippen LogP contribution in [-0.2, 0) is 33.8 Å². The molecule has 0 spiro atoms. The van der Waals surface area contributed by atoms with Crippen molar-refractivity contribution in [3.63, 3.8) is 0 Å². The van der Waals surface area contributed by atoms with E-state index in [1.165, 1.54) is 0 Å². The predicted octanol–water partition coefficient (Wildman–Crippen LogP) is -4.97. The van der Waals surface area contributed by atoms with Crippen LogP contribution in [0.15, 0.2) is 0 Å². The summed E-state index contributed by atoms with van der Waals surface area (Å²) in [5.74, 6) is 0. The van der Waals surface area contributed by atoms with Gasteiger partial charge in [-0.15, -0.1) is 0 Å². The van der Waals surface area contributed by atoms with Gasteiger partial charge in [-0.1, -0.05) is 0 Å². The molecule has 0 saturated heterocycles. The van der Waals surface area contributed by atoms with Crippen LogP contribution >= 0.6 is 0 Å². The summed E-state index contributed by atoms with van der Waals surface area (Å²) in [6.45, 7) is 0. The predicted molar refractivity (Wildman–Crippen MR) is 31.4 cm³/mol. The summed E-state index contributed by atoms with van der Waals surface area (Å²) in [6, 6.07) is 0. The molecule has 11 N–H and O–H groups in total. The molecule has 12 heteroatoms. The van der Waals surface area contributed by atoms with Gasteiger partial charge in [0.1, 0.15) is 0 Å². The molecule has 0 aromatic heterocycles. The van der Waals surface area contributed by atoms with E-state index in [9.17, 15) is 12.1 Å². The Balaban J connectivity index is -0.0000000180. The molecule has 0 radical (unpaired) electrons. The molecule has 0 aromatic rings. The molecular weight excluding hydrogens is 243 g/mol. The molecule has 0 aliphatic heterocycles. The molecular formula is H11O10SV. The van der Waals surface area contributed by atoms with E-state index in [4.69, 9.17) is 4.55 Å². The fraction of sp³-hybridized carbons (Fsp3) is 0. The Hall–Kier alpha value is 0.0544. The molecule has 0 atom stereocenters. The van der Waals surface area contributed by atoms with Gasteiger partial charge in [0, 0.05) is 0 Å². The zero-order valence-corrected chi connectivity index (χ0v) is 7.65. The second-order valence-corrected chi connectivity index (χ2v) is 2.51. The SMILES string of the molecule is O.O.O.O.O.[O]=[V][O]S(=O)(=O)O. The summed E-state index contributed by atoms with van der Waals surface area (Å²) in [5.41, 5.74) is 0. The first kappa shape index (κ1) is 40.2. The van der Waals surface area contributed by atoms with Crippen LogP contribution in [0.5, 0.6) is 0 Å². The van der Waals surface area contributed by atoms with Gasteiger partial charge in [-0.2, -0.15) is 0 Å². The quantitative estimate of drug-likeness (QED) is 0.474. The van der Waals surface area contributed by atoms with Crippen LogP contribution in [-0.4, -0.2) is 40.4 Å². The standard InChI is InChI=1S/H2O4S.5H2O.O.V/c1-5(2,3)4;;;;;;;/h(H2,1,2,3,4);5*1H2;;/q;;;;;;;+1/p-1. The summed E-state index contributed by atoms with van der Waals surface area (Å²) in [4.78, 5) is 0. The second-order valence-electron chi connectivity index (χ2n) is 0.577. The topological polar surface area (TPSA) is 238 Å². The molecule has 0 aliphatic rings. The third-order valence-corrected chi connectivity index (χ3v) is 1.54. The van der Waals surface area contributed by atoms with Crippen molar-refractivity contribution in [3.8, 4) is 0 Å². The Kier molecular flexibility index (Phi) is 57.7. The van der Waals surface area contributed by atoms with E-state index in [-0.39, 0.29) is 27.4 Å². The summed E-state index contributed by atoms with van der Waals surface area (Å²) >= 11 is -1.95. The Morgan fingerprint density at radius 3 is 1.25 bits per heavy atom. The first-order chi connectivity index (χ1) is 3.06. The monoisotopic (exact) mass is 254 g/mol. The fourth-order valence-corrected chi connectivity index (χ4v) is 0.476. The van der Waals surface area contributed by atoms with Crippen LogP contribution in [0.4, 0.5) is 0 Å². The average Bonchev–Trinajstić information content (AvgIpc) is 1.30. The van der Waals surface area contributed by atoms with Crippen LogP contribution in [0, 0.1) is 0 Å². The number of rotatable bonds is 2. The minimum atomic E-state index is -4.45. The fourth-order valence-electron chi connectivity index (χ4n) is 0.0385. The van der Waals surface area contributed by atoms with E-state index in [0.29, 0.717) is 0 Å². The van der Waals surface area contributed by atoms with Crippen molar-refractivity contribution in [2.45, 2.75) is 0 Å². The van der Waals surface area contributed by atoms with Gasteiger partial charge in [-0.25, -0.2) is 0 Å². The van der Waals surface area contributed by atoms with E-state index in [1.54, 1.807) is 0 Å². The average molecular weight is 254 g/mol. The van der Waals surface area contributed by atoms with Crippen LogP contribution in [0.2, 0.25) is 0 Å². The third kappa shape index (κ3) is 50.1. The molecule has 0 heterocycles. The first-order valence-electron chi connectivity index (χ1n) is 1.05. The summed E-state index contributed by atoms with van der Waals surface area (Å²) < 4.78 is 38.9. The molecule has 0 aromatic carbocycles. The minimum absolute atomic E-state index is 0. The van der Waals surface area contributed by atoms with Gasteiger partial charge in [0.2, 0.25) is 0 Å². The van der Waals surface area contributed by atoms with Crippen molar-refractivity contribution in [1.82, 2.24) is 0 Å². The molecule has 0 bridgehead atoms. The zero-order valence-electron chi connectivity index (χ0n) is 5.44. The summed E-state index contributed by atoms with van der Waals surface area (Å²) in [7, 11) is -4.45. The molecule has 12 heavy (non-hydrogen) atoms. The summed E-state index contributed by atoms with van der Waals surface area (Å²) in [6.07, 6.45) is 0. The normalized spacial score (nSPS) is 6.42. The van der Waals surface area contributed by atoms with E-state index >= 15 is 0 Å². The number of hydrogen-bond donors (Lipinski definition) is 1. The summed E-state index contributed by atoms with van der Waals surface area (Å²) in [5, 5.41) is 0. The molecule has 82 valence electrons. The molecule has 0 aliphatic carbocycles. The van der Waals surface area contributed by atoms with Gasteiger partial charge < -0.3 is 27.4 Å². The molecule has 0 saturated carbocycles. The van der Waals surface area contributed by atoms with Gasteiger partial charge >= 0.3 is 46.7 Å².